The Balaban J connectivity index is 1.55. The number of benzene rings is 2. The van der Waals surface area contributed by atoms with Gasteiger partial charge in [0.1, 0.15) is 0 Å². The predicted molar refractivity (Wildman–Crippen MR) is 117 cm³/mol. The molecular weight excluding hydrogens is 380 g/mol. The van der Waals surface area contributed by atoms with Gasteiger partial charge in [-0.2, -0.15) is 0 Å². The second kappa shape index (κ2) is 9.07. The molecule has 0 saturated carbocycles. The van der Waals surface area contributed by atoms with Crippen LogP contribution in [0, 0.1) is 0 Å². The molecule has 29 heavy (non-hydrogen) atoms. The first-order valence-electron chi connectivity index (χ1n) is 9.99. The number of hydrogen-bond acceptors (Lipinski definition) is 3. The smallest absolute Gasteiger partial charge is 0.261 e. The standard InChI is InChI=1S/C22H26N4O2Si/c1-29(2,18-10-4-3-5-11-18)16-14-17(24-25-23)9-8-15-26-21(27)19-12-6-7-13-20(19)22(26)28/h3-7,10-13,17H,8-9,14-16H2,1-2H3. The molecule has 6 nitrogen and oxygen atoms in total. The van der Waals surface area contributed by atoms with E-state index in [-0.39, 0.29) is 17.9 Å². The van der Waals surface area contributed by atoms with Gasteiger partial charge in [-0.15, -0.1) is 0 Å². The molecule has 1 atom stereocenters. The molecule has 3 rings (SSSR count). The van der Waals surface area contributed by atoms with Gasteiger partial charge in [-0.3, -0.25) is 14.5 Å². The van der Waals surface area contributed by atoms with Gasteiger partial charge in [-0.1, -0.05) is 71.9 Å². The lowest BCUT2D eigenvalue weighted by Crippen LogP contribution is -2.41. The Morgan fingerprint density at radius 1 is 0.966 bits per heavy atom. The van der Waals surface area contributed by atoms with Crippen LogP contribution in [0.1, 0.15) is 40.0 Å². The molecule has 0 aliphatic carbocycles. The fourth-order valence-electron chi connectivity index (χ4n) is 3.82. The molecule has 2 amide bonds. The van der Waals surface area contributed by atoms with E-state index >= 15 is 0 Å². The zero-order valence-corrected chi connectivity index (χ0v) is 17.9. The summed E-state index contributed by atoms with van der Waals surface area (Å²) in [6.07, 6.45) is 2.11. The highest BCUT2D eigenvalue weighted by Crippen LogP contribution is 2.24. The molecule has 0 aromatic heterocycles. The van der Waals surface area contributed by atoms with Crippen molar-refractivity contribution in [3.63, 3.8) is 0 Å². The Morgan fingerprint density at radius 3 is 2.14 bits per heavy atom. The average Bonchev–Trinajstić information content (AvgIpc) is 2.98. The van der Waals surface area contributed by atoms with Gasteiger partial charge in [0.05, 0.1) is 19.2 Å². The first-order chi connectivity index (χ1) is 13.9. The van der Waals surface area contributed by atoms with E-state index in [4.69, 9.17) is 5.53 Å². The van der Waals surface area contributed by atoms with Crippen molar-refractivity contribution < 1.29 is 9.59 Å². The summed E-state index contributed by atoms with van der Waals surface area (Å²) >= 11 is 0. The van der Waals surface area contributed by atoms with Crippen molar-refractivity contribution in [2.24, 2.45) is 5.11 Å². The van der Waals surface area contributed by atoms with Gasteiger partial charge < -0.3 is 0 Å². The summed E-state index contributed by atoms with van der Waals surface area (Å²) in [5, 5.41) is 5.37. The van der Waals surface area contributed by atoms with Crippen molar-refractivity contribution in [3.8, 4) is 0 Å². The maximum atomic E-state index is 12.5. The van der Waals surface area contributed by atoms with Crippen LogP contribution in [-0.4, -0.2) is 37.4 Å². The third-order valence-corrected chi connectivity index (χ3v) is 9.10. The molecule has 2 aromatic carbocycles. The Labute approximate surface area is 172 Å². The van der Waals surface area contributed by atoms with Crippen LogP contribution in [-0.2, 0) is 0 Å². The topological polar surface area (TPSA) is 86.1 Å². The minimum absolute atomic E-state index is 0.120. The molecule has 1 heterocycles. The van der Waals surface area contributed by atoms with Gasteiger partial charge in [-0.05, 0) is 36.9 Å². The molecule has 7 heteroatoms. The summed E-state index contributed by atoms with van der Waals surface area (Å²) in [5.74, 6) is -0.466. The third kappa shape index (κ3) is 4.75. The number of nitrogens with zero attached hydrogens (tertiary/aromatic N) is 4. The van der Waals surface area contributed by atoms with Gasteiger partial charge in [0, 0.05) is 17.5 Å². The highest BCUT2D eigenvalue weighted by molar-refractivity contribution is 6.89. The zero-order valence-electron chi connectivity index (χ0n) is 16.9. The summed E-state index contributed by atoms with van der Waals surface area (Å²) in [6, 6.07) is 18.3. The number of carbonyl (C=O) groups is 2. The van der Waals surface area contributed by atoms with Gasteiger partial charge in [0.2, 0.25) is 0 Å². The molecule has 2 aromatic rings. The second-order valence-electron chi connectivity index (χ2n) is 8.10. The van der Waals surface area contributed by atoms with Gasteiger partial charge >= 0.3 is 0 Å². The summed E-state index contributed by atoms with van der Waals surface area (Å²) in [4.78, 5) is 29.2. The molecule has 1 unspecified atom stereocenters. The van der Waals surface area contributed by atoms with Crippen LogP contribution in [0.5, 0.6) is 0 Å². The van der Waals surface area contributed by atoms with Crippen LogP contribution in [0.2, 0.25) is 19.1 Å². The predicted octanol–water partition coefficient (Wildman–Crippen LogP) is 4.75. The molecule has 0 saturated heterocycles. The summed E-state index contributed by atoms with van der Waals surface area (Å²) in [6.45, 7) is 5.01. The van der Waals surface area contributed by atoms with Crippen molar-refractivity contribution in [1.82, 2.24) is 4.90 Å². The Kier molecular flexibility index (Phi) is 6.52. The molecule has 1 aliphatic heterocycles. The van der Waals surface area contributed by atoms with Crippen molar-refractivity contribution in [1.29, 1.82) is 0 Å². The minimum Gasteiger partial charge on any atom is -0.274 e. The number of carbonyl (C=O) groups excluding carboxylic acids is 2. The third-order valence-electron chi connectivity index (χ3n) is 5.67. The molecule has 0 spiro atoms. The molecule has 0 N–H and O–H groups in total. The largest absolute Gasteiger partial charge is 0.274 e. The highest BCUT2D eigenvalue weighted by Gasteiger charge is 2.34. The average molecular weight is 407 g/mol. The highest BCUT2D eigenvalue weighted by atomic mass is 28.3. The molecule has 1 aliphatic rings. The molecule has 0 radical (unpaired) electrons. The number of azide groups is 1. The van der Waals surface area contributed by atoms with E-state index in [2.05, 4.69) is 47.4 Å². The van der Waals surface area contributed by atoms with E-state index in [9.17, 15) is 9.59 Å². The van der Waals surface area contributed by atoms with Crippen LogP contribution >= 0.6 is 0 Å². The zero-order chi connectivity index (χ0) is 20.9. The van der Waals surface area contributed by atoms with Crippen LogP contribution in [0.25, 0.3) is 10.4 Å². The van der Waals surface area contributed by atoms with E-state index in [0.29, 0.717) is 30.5 Å². The number of rotatable bonds is 9. The van der Waals surface area contributed by atoms with Crippen LogP contribution in [0.3, 0.4) is 0 Å². The number of amides is 2. The minimum atomic E-state index is -1.60. The lowest BCUT2D eigenvalue weighted by atomic mass is 10.1. The van der Waals surface area contributed by atoms with Crippen LogP contribution < -0.4 is 5.19 Å². The quantitative estimate of drug-likeness (QED) is 0.198. The first kappa shape index (κ1) is 20.8. The van der Waals surface area contributed by atoms with Gasteiger partial charge in [-0.25, -0.2) is 0 Å². The lowest BCUT2D eigenvalue weighted by Gasteiger charge is -2.25. The molecular formula is C22H26N4O2Si. The lowest BCUT2D eigenvalue weighted by molar-refractivity contribution is 0.0651. The van der Waals surface area contributed by atoms with E-state index in [1.807, 2.05) is 6.07 Å². The van der Waals surface area contributed by atoms with Crippen LogP contribution in [0.4, 0.5) is 0 Å². The van der Waals surface area contributed by atoms with Crippen molar-refractivity contribution >= 4 is 25.1 Å². The summed E-state index contributed by atoms with van der Waals surface area (Å²) < 4.78 is 0. The van der Waals surface area contributed by atoms with Crippen LogP contribution in [0.15, 0.2) is 59.7 Å². The summed E-state index contributed by atoms with van der Waals surface area (Å²) in [5.41, 5.74) is 9.89. The Bertz CT molecular complexity index is 904. The fourth-order valence-corrected chi connectivity index (χ4v) is 6.26. The normalized spacial score (nSPS) is 14.5. The maximum Gasteiger partial charge on any atom is 0.261 e. The van der Waals surface area contributed by atoms with E-state index in [1.54, 1.807) is 24.3 Å². The van der Waals surface area contributed by atoms with Crippen molar-refractivity contribution in [2.45, 2.75) is 44.4 Å². The first-order valence-corrected chi connectivity index (χ1v) is 13.2. The number of imide groups is 1. The Morgan fingerprint density at radius 2 is 1.55 bits per heavy atom. The summed E-state index contributed by atoms with van der Waals surface area (Å²) in [7, 11) is -1.60. The Hall–Kier alpha value is -2.89. The maximum absolute atomic E-state index is 12.5. The second-order valence-corrected chi connectivity index (χ2v) is 12.9. The molecule has 0 fully saturated rings. The van der Waals surface area contributed by atoms with E-state index in [0.717, 1.165) is 12.5 Å². The molecule has 0 bridgehead atoms. The van der Waals surface area contributed by atoms with Gasteiger partial charge in [0.15, 0.2) is 0 Å². The monoisotopic (exact) mass is 406 g/mol. The fraction of sp³-hybridized carbons (Fsp3) is 0.364. The van der Waals surface area contributed by atoms with E-state index < -0.39 is 8.07 Å². The van der Waals surface area contributed by atoms with Crippen molar-refractivity contribution in [2.75, 3.05) is 6.54 Å². The van der Waals surface area contributed by atoms with Gasteiger partial charge in [0.25, 0.3) is 11.8 Å². The SMILES string of the molecule is C[Si](C)(CCC(CCCN1C(=O)c2ccccc2C1=O)N=[N+]=[N-])c1ccccc1. The molecule has 150 valence electrons. The van der Waals surface area contributed by atoms with Crippen molar-refractivity contribution in [3.05, 3.63) is 76.2 Å². The van der Waals surface area contributed by atoms with E-state index in [1.165, 1.54) is 10.1 Å². The number of hydrogen-bond donors (Lipinski definition) is 0. The number of fused-ring (bicyclic) bond motifs is 1.